The van der Waals surface area contributed by atoms with E-state index in [0.29, 0.717) is 11.6 Å². The molecular weight excluding hydrogens is 374 g/mol. The number of halogens is 1. The van der Waals surface area contributed by atoms with Gasteiger partial charge < -0.3 is 0 Å². The molecule has 0 aromatic heterocycles. The van der Waals surface area contributed by atoms with E-state index in [-0.39, 0.29) is 5.92 Å². The van der Waals surface area contributed by atoms with Crippen molar-refractivity contribution in [1.82, 2.24) is 0 Å². The molecular formula is C27H58FP. The van der Waals surface area contributed by atoms with Crippen LogP contribution in [0.5, 0.6) is 0 Å². The molecule has 29 heavy (non-hydrogen) atoms. The van der Waals surface area contributed by atoms with Crippen LogP contribution in [0.25, 0.3) is 0 Å². The smallest absolute Gasteiger partial charge is 0.101 e. The van der Waals surface area contributed by atoms with Gasteiger partial charge in [0.15, 0.2) is 0 Å². The van der Waals surface area contributed by atoms with E-state index >= 15 is 0 Å². The molecule has 2 saturated carbocycles. The zero-order chi connectivity index (χ0) is 22.7. The summed E-state index contributed by atoms with van der Waals surface area (Å²) in [6, 6.07) is 0. The fourth-order valence-corrected chi connectivity index (χ4v) is 5.58. The van der Waals surface area contributed by atoms with Crippen LogP contribution in [0.15, 0.2) is 0 Å². The summed E-state index contributed by atoms with van der Waals surface area (Å²) in [4.78, 5) is 0. The van der Waals surface area contributed by atoms with Crippen molar-refractivity contribution in [1.29, 1.82) is 0 Å². The van der Waals surface area contributed by atoms with Crippen molar-refractivity contribution in [2.45, 2.75) is 151 Å². The second-order valence-electron chi connectivity index (χ2n) is 9.61. The summed E-state index contributed by atoms with van der Waals surface area (Å²) < 4.78 is 13.0. The Kier molecular flexibility index (Phi) is 23.5. The Bertz CT molecular complexity index is 293. The maximum absolute atomic E-state index is 13.0. The van der Waals surface area contributed by atoms with Gasteiger partial charge in [0.25, 0.3) is 0 Å². The highest BCUT2D eigenvalue weighted by molar-refractivity contribution is 7.17. The van der Waals surface area contributed by atoms with Crippen molar-refractivity contribution < 1.29 is 4.39 Å². The molecule has 2 fully saturated rings. The second-order valence-corrected chi connectivity index (χ2v) is 10.5. The zero-order valence-corrected chi connectivity index (χ0v) is 22.8. The van der Waals surface area contributed by atoms with E-state index in [1.54, 1.807) is 6.92 Å². The minimum Gasteiger partial charge on any atom is -0.247 e. The van der Waals surface area contributed by atoms with Gasteiger partial charge in [-0.3, -0.25) is 0 Å². The molecule has 0 radical (unpaired) electrons. The minimum absolute atomic E-state index is 0.199. The van der Waals surface area contributed by atoms with Crippen LogP contribution in [0.4, 0.5) is 4.39 Å². The van der Waals surface area contributed by atoms with Crippen LogP contribution >= 0.6 is 9.24 Å². The molecule has 0 bridgehead atoms. The second kappa shape index (κ2) is 21.6. The van der Waals surface area contributed by atoms with Crippen molar-refractivity contribution in [2.24, 2.45) is 23.7 Å². The molecule has 0 nitrogen and oxygen atoms in total. The Hall–Kier alpha value is 0.360. The van der Waals surface area contributed by atoms with E-state index in [1.165, 1.54) is 77.0 Å². The van der Waals surface area contributed by atoms with Crippen molar-refractivity contribution in [3.05, 3.63) is 0 Å². The third-order valence-electron chi connectivity index (χ3n) is 6.58. The number of alkyl halides is 1. The molecule has 2 aliphatic carbocycles. The topological polar surface area (TPSA) is 0 Å². The lowest BCUT2D eigenvalue weighted by atomic mass is 9.86. The van der Waals surface area contributed by atoms with Crippen LogP contribution in [0.3, 0.4) is 0 Å². The quantitative estimate of drug-likeness (QED) is 0.366. The normalized spacial score (nSPS) is 20.8. The number of rotatable bonds is 6. The largest absolute Gasteiger partial charge is 0.247 e. The summed E-state index contributed by atoms with van der Waals surface area (Å²) in [7, 11) is 2.75. The summed E-state index contributed by atoms with van der Waals surface area (Å²) in [6.45, 7) is 16.6. The standard InChI is InChI=1S/C9H20FP.C9H18.C7H14.C2H6/c1-5-8(11)9(6(2)3)7(4)10;1-2-6-9-7-4-3-5-8-9;1-7-5-3-2-4-6-7;1-2/h6-9H,5,11H2,1-4H3;9H,2-8H2,1H3;7H,2-6H2,1H3;1-2H3. The maximum atomic E-state index is 13.0. The molecule has 4 unspecified atom stereocenters. The van der Waals surface area contributed by atoms with E-state index in [4.69, 9.17) is 0 Å². The first-order valence-corrected chi connectivity index (χ1v) is 13.9. The number of hydrogen-bond acceptors (Lipinski definition) is 0. The van der Waals surface area contributed by atoms with Gasteiger partial charge in [0, 0.05) is 0 Å². The Morgan fingerprint density at radius 3 is 1.52 bits per heavy atom. The molecule has 2 heteroatoms. The summed E-state index contributed by atoms with van der Waals surface area (Å²) in [5, 5.41) is 0. The Morgan fingerprint density at radius 2 is 1.28 bits per heavy atom. The van der Waals surface area contributed by atoms with Crippen LogP contribution in [0, 0.1) is 23.7 Å². The van der Waals surface area contributed by atoms with Gasteiger partial charge in [-0.2, -0.15) is 0 Å². The zero-order valence-electron chi connectivity index (χ0n) is 21.6. The molecule has 0 aromatic carbocycles. The molecule has 2 rings (SSSR count). The molecule has 0 saturated heterocycles. The van der Waals surface area contributed by atoms with Crippen LogP contribution in [-0.4, -0.2) is 11.8 Å². The number of hydrogen-bond donors (Lipinski definition) is 0. The van der Waals surface area contributed by atoms with Crippen molar-refractivity contribution in [3.63, 3.8) is 0 Å². The monoisotopic (exact) mass is 432 g/mol. The molecule has 4 atom stereocenters. The molecule has 178 valence electrons. The van der Waals surface area contributed by atoms with Gasteiger partial charge in [0.05, 0.1) is 0 Å². The van der Waals surface area contributed by atoms with Gasteiger partial charge >= 0.3 is 0 Å². The Morgan fingerprint density at radius 1 is 0.828 bits per heavy atom. The van der Waals surface area contributed by atoms with Crippen molar-refractivity contribution in [3.8, 4) is 0 Å². The van der Waals surface area contributed by atoms with Crippen LogP contribution in [0.2, 0.25) is 0 Å². The van der Waals surface area contributed by atoms with Gasteiger partial charge in [-0.15, -0.1) is 9.24 Å². The molecule has 0 amide bonds. The first-order valence-electron chi connectivity index (χ1n) is 13.2. The van der Waals surface area contributed by atoms with E-state index in [0.717, 1.165) is 18.3 Å². The lowest BCUT2D eigenvalue weighted by Gasteiger charge is -2.27. The van der Waals surface area contributed by atoms with E-state index < -0.39 is 6.17 Å². The molecule has 0 aliphatic heterocycles. The van der Waals surface area contributed by atoms with E-state index in [9.17, 15) is 4.39 Å². The SMILES string of the molecule is CC.CC1CCCCC1.CCC(P)C(C(C)C)C(C)F.CCCC1CCCCC1. The fraction of sp³-hybridized carbons (Fsp3) is 1.00. The lowest BCUT2D eigenvalue weighted by molar-refractivity contribution is 0.191. The third-order valence-corrected chi connectivity index (χ3v) is 7.50. The summed E-state index contributed by atoms with van der Waals surface area (Å²) in [6.07, 6.45) is 18.2. The van der Waals surface area contributed by atoms with Gasteiger partial charge in [0.2, 0.25) is 0 Å². The van der Waals surface area contributed by atoms with Crippen LogP contribution < -0.4 is 0 Å². The summed E-state index contributed by atoms with van der Waals surface area (Å²) in [5.74, 6) is 2.78. The predicted molar refractivity (Wildman–Crippen MR) is 138 cm³/mol. The molecule has 0 heterocycles. The van der Waals surface area contributed by atoms with Gasteiger partial charge in [-0.1, -0.05) is 126 Å². The first kappa shape index (κ1) is 31.5. The molecule has 0 N–H and O–H groups in total. The fourth-order valence-electron chi connectivity index (χ4n) is 4.83. The summed E-state index contributed by atoms with van der Waals surface area (Å²) >= 11 is 0. The van der Waals surface area contributed by atoms with E-state index in [1.807, 2.05) is 13.8 Å². The van der Waals surface area contributed by atoms with Crippen molar-refractivity contribution >= 4 is 9.24 Å². The van der Waals surface area contributed by atoms with Crippen LogP contribution in [0.1, 0.15) is 139 Å². The Balaban J connectivity index is 0. The minimum atomic E-state index is -0.683. The average Bonchev–Trinajstić information content (AvgIpc) is 2.71. The van der Waals surface area contributed by atoms with Gasteiger partial charge in [-0.05, 0) is 42.7 Å². The Labute approximate surface area is 188 Å². The van der Waals surface area contributed by atoms with Crippen molar-refractivity contribution in [2.75, 3.05) is 0 Å². The highest BCUT2D eigenvalue weighted by atomic mass is 31.0. The van der Waals surface area contributed by atoms with Crippen LogP contribution in [-0.2, 0) is 0 Å². The third kappa shape index (κ3) is 17.7. The maximum Gasteiger partial charge on any atom is 0.101 e. The van der Waals surface area contributed by atoms with E-state index in [2.05, 4.69) is 43.9 Å². The summed E-state index contributed by atoms with van der Waals surface area (Å²) in [5.41, 5.74) is 0.426. The first-order chi connectivity index (χ1) is 13.8. The van der Waals surface area contributed by atoms with Gasteiger partial charge in [0.1, 0.15) is 6.17 Å². The van der Waals surface area contributed by atoms with Gasteiger partial charge in [-0.25, -0.2) is 4.39 Å². The lowest BCUT2D eigenvalue weighted by Crippen LogP contribution is -2.27. The molecule has 0 spiro atoms. The average molecular weight is 433 g/mol. The molecule has 0 aromatic rings. The molecule has 2 aliphatic rings. The predicted octanol–water partition coefficient (Wildman–Crippen LogP) is 10.2. The highest BCUT2D eigenvalue weighted by Crippen LogP contribution is 2.29. The highest BCUT2D eigenvalue weighted by Gasteiger charge is 2.25.